The van der Waals surface area contributed by atoms with Crippen molar-refractivity contribution in [2.45, 2.75) is 30.0 Å². The van der Waals surface area contributed by atoms with Crippen molar-refractivity contribution in [1.82, 2.24) is 10.2 Å². The molecule has 39 heavy (non-hydrogen) atoms. The average Bonchev–Trinajstić information content (AvgIpc) is 3.47. The van der Waals surface area contributed by atoms with Crippen molar-refractivity contribution in [3.8, 4) is 0 Å². The highest BCUT2D eigenvalue weighted by Crippen LogP contribution is 2.44. The minimum absolute atomic E-state index is 0.0206. The number of aliphatic hydroxyl groups excluding tert-OH is 1. The number of rotatable bonds is 6. The number of benzene rings is 3. The second kappa shape index (κ2) is 11.6. The zero-order chi connectivity index (χ0) is 27.8. The normalized spacial score (nSPS) is 16.7. The van der Waals surface area contributed by atoms with Gasteiger partial charge in [-0.2, -0.15) is 0 Å². The smallest absolute Gasteiger partial charge is 0.301 e. The van der Waals surface area contributed by atoms with Crippen LogP contribution in [0.15, 0.2) is 70.6 Å². The maximum absolute atomic E-state index is 13.5. The minimum Gasteiger partial charge on any atom is -0.507 e. The van der Waals surface area contributed by atoms with Crippen LogP contribution in [-0.4, -0.2) is 27.0 Å². The number of Topliss-reactive ketones (excluding diaryl/α,β-unsaturated/α-hetero) is 1. The molecule has 4 aromatic rings. The molecule has 0 radical (unpaired) electrons. The molecule has 1 fully saturated rings. The lowest BCUT2D eigenvalue weighted by atomic mass is 9.93. The molecule has 1 unspecified atom stereocenters. The average molecular weight is 708 g/mol. The number of thioether (sulfide) groups is 1. The number of amides is 1. The molecule has 198 valence electrons. The van der Waals surface area contributed by atoms with Gasteiger partial charge >= 0.3 is 5.91 Å². The number of nitrogens with zero attached hydrogens (tertiary/aromatic N) is 3. The Balaban J connectivity index is 1.55. The largest absolute Gasteiger partial charge is 0.507 e. The summed E-state index contributed by atoms with van der Waals surface area (Å²) < 4.78 is 1.60. The van der Waals surface area contributed by atoms with E-state index in [1.54, 1.807) is 12.1 Å². The SMILES string of the molecule is Cc1ccc(C)c(C(O)=C2C(=O)C(=O)N(c3nnc(SCc4ccc(Cl)cc4Cl)s3)C2c2ccc(I)cc2)c1. The van der Waals surface area contributed by atoms with Crippen LogP contribution in [0.1, 0.15) is 33.9 Å². The van der Waals surface area contributed by atoms with E-state index < -0.39 is 17.7 Å². The van der Waals surface area contributed by atoms with Crippen molar-refractivity contribution in [1.29, 1.82) is 0 Å². The maximum atomic E-state index is 13.5. The molecule has 1 aliphatic rings. The summed E-state index contributed by atoms with van der Waals surface area (Å²) in [4.78, 5) is 28.2. The second-order valence-electron chi connectivity index (χ2n) is 8.91. The molecular weight excluding hydrogens is 688 g/mol. The first-order valence-electron chi connectivity index (χ1n) is 11.7. The van der Waals surface area contributed by atoms with Crippen molar-refractivity contribution in [2.24, 2.45) is 0 Å². The van der Waals surface area contributed by atoms with Crippen LogP contribution < -0.4 is 4.90 Å². The van der Waals surface area contributed by atoms with E-state index in [1.165, 1.54) is 28.0 Å². The molecule has 1 aliphatic heterocycles. The molecule has 2 heterocycles. The highest BCUT2D eigenvalue weighted by Gasteiger charge is 2.48. The van der Waals surface area contributed by atoms with Gasteiger partial charge in [0.1, 0.15) is 5.76 Å². The highest BCUT2D eigenvalue weighted by molar-refractivity contribution is 14.1. The monoisotopic (exact) mass is 707 g/mol. The zero-order valence-electron chi connectivity index (χ0n) is 20.6. The first-order valence-corrected chi connectivity index (χ1v) is 15.3. The van der Waals surface area contributed by atoms with Crippen molar-refractivity contribution in [3.05, 3.63) is 108 Å². The van der Waals surface area contributed by atoms with E-state index in [4.69, 9.17) is 23.2 Å². The number of aliphatic hydroxyl groups is 1. The van der Waals surface area contributed by atoms with Gasteiger partial charge < -0.3 is 5.11 Å². The van der Waals surface area contributed by atoms with Crippen LogP contribution in [0.2, 0.25) is 10.0 Å². The fraction of sp³-hybridized carbons (Fsp3) is 0.143. The number of hydrogen-bond acceptors (Lipinski definition) is 7. The highest BCUT2D eigenvalue weighted by atomic mass is 127. The molecule has 11 heteroatoms. The van der Waals surface area contributed by atoms with Crippen LogP contribution in [0, 0.1) is 17.4 Å². The molecule has 1 amide bonds. The summed E-state index contributed by atoms with van der Waals surface area (Å²) >= 11 is 17.1. The number of anilines is 1. The number of aromatic nitrogens is 2. The lowest BCUT2D eigenvalue weighted by molar-refractivity contribution is -0.132. The Labute approximate surface area is 257 Å². The molecule has 1 N–H and O–H groups in total. The fourth-order valence-electron chi connectivity index (χ4n) is 4.26. The van der Waals surface area contributed by atoms with E-state index in [0.29, 0.717) is 31.3 Å². The number of ketones is 1. The van der Waals surface area contributed by atoms with Gasteiger partial charge in [0.05, 0.1) is 11.6 Å². The van der Waals surface area contributed by atoms with E-state index >= 15 is 0 Å². The number of carbonyl (C=O) groups is 2. The van der Waals surface area contributed by atoms with Gasteiger partial charge in [0, 0.05) is 24.9 Å². The van der Waals surface area contributed by atoms with Crippen LogP contribution in [-0.2, 0) is 15.3 Å². The Morgan fingerprint density at radius 1 is 1.05 bits per heavy atom. The van der Waals surface area contributed by atoms with E-state index in [2.05, 4.69) is 32.8 Å². The van der Waals surface area contributed by atoms with Crippen molar-refractivity contribution in [3.63, 3.8) is 0 Å². The predicted molar refractivity (Wildman–Crippen MR) is 166 cm³/mol. The van der Waals surface area contributed by atoms with Gasteiger partial charge in [-0.1, -0.05) is 82.2 Å². The third-order valence-corrected chi connectivity index (χ3v) is 9.66. The number of hydrogen-bond donors (Lipinski definition) is 1. The van der Waals surface area contributed by atoms with Gasteiger partial charge in [0.2, 0.25) is 5.13 Å². The molecular formula is C28H20Cl2IN3O3S2. The van der Waals surface area contributed by atoms with Gasteiger partial charge in [-0.15, -0.1) is 10.2 Å². The molecule has 1 atom stereocenters. The maximum Gasteiger partial charge on any atom is 0.301 e. The summed E-state index contributed by atoms with van der Waals surface area (Å²) in [6.07, 6.45) is 0. The molecule has 0 spiro atoms. The Morgan fingerprint density at radius 2 is 1.79 bits per heavy atom. The lowest BCUT2D eigenvalue weighted by Crippen LogP contribution is -2.29. The van der Waals surface area contributed by atoms with Crippen LogP contribution in [0.5, 0.6) is 0 Å². The number of carbonyl (C=O) groups excluding carboxylic acids is 2. The second-order valence-corrected chi connectivity index (χ2v) is 13.2. The Bertz CT molecular complexity index is 1640. The van der Waals surface area contributed by atoms with Gasteiger partial charge in [-0.05, 0) is 83.5 Å². The molecule has 1 saturated heterocycles. The summed E-state index contributed by atoms with van der Waals surface area (Å²) in [7, 11) is 0. The predicted octanol–water partition coefficient (Wildman–Crippen LogP) is 7.98. The van der Waals surface area contributed by atoms with E-state index in [-0.39, 0.29) is 16.5 Å². The van der Waals surface area contributed by atoms with Crippen LogP contribution in [0.25, 0.3) is 5.76 Å². The van der Waals surface area contributed by atoms with Gasteiger partial charge in [0.15, 0.2) is 4.34 Å². The quantitative estimate of drug-likeness (QED) is 0.0547. The summed E-state index contributed by atoms with van der Waals surface area (Å²) in [5, 5.41) is 21.3. The molecule has 5 rings (SSSR count). The minimum atomic E-state index is -0.863. The Kier molecular flexibility index (Phi) is 8.34. The first-order chi connectivity index (χ1) is 18.6. The fourth-order valence-corrected chi connectivity index (χ4v) is 7.05. The summed E-state index contributed by atoms with van der Waals surface area (Å²) in [5.74, 6) is -1.22. The van der Waals surface area contributed by atoms with Gasteiger partial charge in [-0.3, -0.25) is 14.5 Å². The lowest BCUT2D eigenvalue weighted by Gasteiger charge is -2.22. The van der Waals surface area contributed by atoms with Gasteiger partial charge in [-0.25, -0.2) is 0 Å². The Morgan fingerprint density at radius 3 is 2.51 bits per heavy atom. The van der Waals surface area contributed by atoms with Crippen LogP contribution >= 0.6 is 68.9 Å². The summed E-state index contributed by atoms with van der Waals surface area (Å²) in [6, 6.07) is 17.5. The number of halogens is 3. The molecule has 0 aliphatic carbocycles. The topological polar surface area (TPSA) is 83.4 Å². The van der Waals surface area contributed by atoms with Crippen molar-refractivity contribution in [2.75, 3.05) is 4.90 Å². The Hall–Kier alpha value is -2.44. The van der Waals surface area contributed by atoms with Crippen LogP contribution in [0.4, 0.5) is 5.13 Å². The van der Waals surface area contributed by atoms with E-state index in [0.717, 1.165) is 20.3 Å². The van der Waals surface area contributed by atoms with Gasteiger partial charge in [0.25, 0.3) is 5.78 Å². The molecule has 1 aromatic heterocycles. The molecule has 0 bridgehead atoms. The van der Waals surface area contributed by atoms with Crippen LogP contribution in [0.3, 0.4) is 0 Å². The molecule has 6 nitrogen and oxygen atoms in total. The first kappa shape index (κ1) is 28.1. The molecule has 0 saturated carbocycles. The summed E-state index contributed by atoms with van der Waals surface area (Å²) in [6.45, 7) is 3.76. The van der Waals surface area contributed by atoms with Crippen molar-refractivity contribution < 1.29 is 14.7 Å². The molecule has 3 aromatic carbocycles. The van der Waals surface area contributed by atoms with E-state index in [9.17, 15) is 14.7 Å². The standard InChI is InChI=1S/C28H20Cl2IN3O3S2/c1-14-3-4-15(2)20(11-14)24(35)22-23(16-6-9-19(31)10-7-16)34(26(37)25(22)36)27-32-33-28(39-27)38-13-17-5-8-18(29)12-21(17)30/h3-12,23,35H,13H2,1-2H3. The van der Waals surface area contributed by atoms with E-state index in [1.807, 2.05) is 62.4 Å². The third-order valence-electron chi connectivity index (χ3n) is 6.25. The van der Waals surface area contributed by atoms with Crippen molar-refractivity contribution >= 4 is 91.5 Å². The summed E-state index contributed by atoms with van der Waals surface area (Å²) in [5.41, 5.74) is 3.81. The third kappa shape index (κ3) is 5.74. The number of aryl methyl sites for hydroxylation is 2. The zero-order valence-corrected chi connectivity index (χ0v) is 25.9.